The van der Waals surface area contributed by atoms with E-state index in [1.807, 2.05) is 0 Å². The summed E-state index contributed by atoms with van der Waals surface area (Å²) in [6.45, 7) is 13.6. The fourth-order valence-corrected chi connectivity index (χ4v) is 7.14. The van der Waals surface area contributed by atoms with Crippen LogP contribution in [0.3, 0.4) is 0 Å². The highest BCUT2D eigenvalue weighted by Crippen LogP contribution is 2.37. The van der Waals surface area contributed by atoms with Gasteiger partial charge in [-0.3, -0.25) is 0 Å². The van der Waals surface area contributed by atoms with Crippen LogP contribution in [0.15, 0.2) is 0 Å². The topological polar surface area (TPSA) is 78.9 Å². The SMILES string of the molecule is COCO[C@H](CCCCCCCCCC[C@@H](O)[C@H]1CC[C@H]([C@H]2CC[C@H]([C@H]3CO3)O2)O1)CCCO[Si](C)(C)C(C)(C)C. The Hall–Kier alpha value is -0.0631. The van der Waals surface area contributed by atoms with Gasteiger partial charge in [-0.05, 0) is 69.5 Å². The third kappa shape index (κ3) is 12.8. The molecule has 0 aromatic rings. The molecule has 0 aromatic heterocycles. The fourth-order valence-electron chi connectivity index (χ4n) is 6.05. The van der Waals surface area contributed by atoms with Gasteiger partial charge < -0.3 is 33.2 Å². The molecular weight excluding hydrogens is 536 g/mol. The van der Waals surface area contributed by atoms with Crippen LogP contribution in [-0.4, -0.2) is 83.3 Å². The molecule has 7 atom stereocenters. The van der Waals surface area contributed by atoms with E-state index in [9.17, 15) is 5.11 Å². The Morgan fingerprint density at radius 3 is 1.90 bits per heavy atom. The highest BCUT2D eigenvalue weighted by molar-refractivity contribution is 6.74. The van der Waals surface area contributed by atoms with E-state index in [-0.39, 0.29) is 41.7 Å². The van der Waals surface area contributed by atoms with Gasteiger partial charge in [-0.15, -0.1) is 0 Å². The molecule has 0 aliphatic carbocycles. The highest BCUT2D eigenvalue weighted by atomic mass is 28.4. The maximum Gasteiger partial charge on any atom is 0.191 e. The van der Waals surface area contributed by atoms with Crippen LogP contribution in [0.25, 0.3) is 0 Å². The Morgan fingerprint density at radius 2 is 1.29 bits per heavy atom. The second kappa shape index (κ2) is 18.0. The number of aliphatic hydroxyl groups excluding tert-OH is 1. The molecule has 3 fully saturated rings. The lowest BCUT2D eigenvalue weighted by Crippen LogP contribution is -2.41. The molecule has 3 heterocycles. The van der Waals surface area contributed by atoms with Crippen LogP contribution in [0.1, 0.15) is 124 Å². The summed E-state index contributed by atoms with van der Waals surface area (Å²) in [6, 6.07) is 0. The van der Waals surface area contributed by atoms with Gasteiger partial charge in [0.15, 0.2) is 8.32 Å². The van der Waals surface area contributed by atoms with Crippen molar-refractivity contribution >= 4 is 8.32 Å². The van der Waals surface area contributed by atoms with E-state index in [1.54, 1.807) is 7.11 Å². The molecule has 3 aliphatic heterocycles. The number of unbranched alkanes of at least 4 members (excludes halogenated alkanes) is 7. The van der Waals surface area contributed by atoms with Gasteiger partial charge in [0.05, 0.1) is 43.2 Å². The van der Waals surface area contributed by atoms with Crippen molar-refractivity contribution in [2.75, 3.05) is 27.1 Å². The zero-order valence-corrected chi connectivity index (χ0v) is 28.4. The van der Waals surface area contributed by atoms with E-state index < -0.39 is 8.32 Å². The molecule has 8 heteroatoms. The molecule has 0 aromatic carbocycles. The summed E-state index contributed by atoms with van der Waals surface area (Å²) in [5.74, 6) is 0. The molecule has 0 bridgehead atoms. The lowest BCUT2D eigenvalue weighted by Gasteiger charge is -2.36. The van der Waals surface area contributed by atoms with Crippen molar-refractivity contribution in [3.05, 3.63) is 0 Å². The number of methoxy groups -OCH3 is 1. The molecular formula is C33H64O7Si. The summed E-state index contributed by atoms with van der Waals surface area (Å²) < 4.78 is 35.3. The van der Waals surface area contributed by atoms with E-state index in [4.69, 9.17) is 28.1 Å². The maximum absolute atomic E-state index is 10.7. The van der Waals surface area contributed by atoms with Gasteiger partial charge in [-0.1, -0.05) is 72.1 Å². The number of rotatable bonds is 22. The first-order valence-electron chi connectivity index (χ1n) is 17.0. The molecule has 1 N–H and O–H groups in total. The van der Waals surface area contributed by atoms with Gasteiger partial charge in [0, 0.05) is 13.7 Å². The molecule has 0 saturated carbocycles. The predicted octanol–water partition coefficient (Wildman–Crippen LogP) is 7.53. The molecule has 0 radical (unpaired) electrons. The predicted molar refractivity (Wildman–Crippen MR) is 167 cm³/mol. The molecule has 0 spiro atoms. The van der Waals surface area contributed by atoms with Crippen molar-refractivity contribution in [3.63, 3.8) is 0 Å². The number of ether oxygens (including phenoxy) is 5. The van der Waals surface area contributed by atoms with E-state index in [0.717, 1.165) is 71.0 Å². The Labute approximate surface area is 252 Å². The minimum Gasteiger partial charge on any atom is -0.417 e. The summed E-state index contributed by atoms with van der Waals surface area (Å²) in [7, 11) is 0.0283. The summed E-state index contributed by atoms with van der Waals surface area (Å²) in [4.78, 5) is 0. The highest BCUT2D eigenvalue weighted by Gasteiger charge is 2.44. The molecule has 242 valence electrons. The zero-order valence-electron chi connectivity index (χ0n) is 27.4. The third-order valence-electron chi connectivity index (χ3n) is 9.93. The largest absolute Gasteiger partial charge is 0.417 e. The first-order valence-corrected chi connectivity index (χ1v) is 19.9. The van der Waals surface area contributed by atoms with Crippen LogP contribution < -0.4 is 0 Å². The molecule has 3 saturated heterocycles. The summed E-state index contributed by atoms with van der Waals surface area (Å²) in [5.41, 5.74) is 0. The fraction of sp³-hybridized carbons (Fsp3) is 1.00. The van der Waals surface area contributed by atoms with Gasteiger partial charge in [-0.2, -0.15) is 0 Å². The quantitative estimate of drug-likeness (QED) is 0.0595. The lowest BCUT2D eigenvalue weighted by atomic mass is 10.0. The number of hydrogen-bond acceptors (Lipinski definition) is 7. The molecule has 3 aliphatic rings. The maximum atomic E-state index is 10.7. The van der Waals surface area contributed by atoms with Gasteiger partial charge in [-0.25, -0.2) is 0 Å². The van der Waals surface area contributed by atoms with E-state index in [2.05, 4.69) is 33.9 Å². The van der Waals surface area contributed by atoms with Crippen molar-refractivity contribution in [2.45, 2.75) is 184 Å². The monoisotopic (exact) mass is 600 g/mol. The molecule has 41 heavy (non-hydrogen) atoms. The molecule has 3 rings (SSSR count). The summed E-state index contributed by atoms with van der Waals surface area (Å²) in [5, 5.41) is 10.9. The smallest absolute Gasteiger partial charge is 0.191 e. The summed E-state index contributed by atoms with van der Waals surface area (Å²) in [6.07, 6.45) is 18.9. The number of hydrogen-bond donors (Lipinski definition) is 1. The Kier molecular flexibility index (Phi) is 15.6. The van der Waals surface area contributed by atoms with Gasteiger partial charge in [0.25, 0.3) is 0 Å². The van der Waals surface area contributed by atoms with Crippen LogP contribution in [0.4, 0.5) is 0 Å². The molecule has 0 unspecified atom stereocenters. The average molecular weight is 601 g/mol. The van der Waals surface area contributed by atoms with E-state index >= 15 is 0 Å². The molecule has 0 amide bonds. The first-order chi connectivity index (χ1) is 19.6. The van der Waals surface area contributed by atoms with Crippen LogP contribution >= 0.6 is 0 Å². The van der Waals surface area contributed by atoms with Crippen molar-refractivity contribution in [3.8, 4) is 0 Å². The first kappa shape index (κ1) is 35.4. The van der Waals surface area contributed by atoms with E-state index in [1.165, 1.54) is 44.9 Å². The van der Waals surface area contributed by atoms with Crippen LogP contribution in [-0.2, 0) is 28.1 Å². The Balaban J connectivity index is 1.14. The third-order valence-corrected chi connectivity index (χ3v) is 14.5. The normalized spacial score (nSPS) is 28.3. The van der Waals surface area contributed by atoms with Crippen molar-refractivity contribution < 1.29 is 33.2 Å². The molecule has 7 nitrogen and oxygen atoms in total. The van der Waals surface area contributed by atoms with Crippen molar-refractivity contribution in [1.82, 2.24) is 0 Å². The minimum absolute atomic E-state index is 0.0127. The van der Waals surface area contributed by atoms with Crippen molar-refractivity contribution in [2.24, 2.45) is 0 Å². The van der Waals surface area contributed by atoms with E-state index in [0.29, 0.717) is 12.9 Å². The number of aliphatic hydroxyl groups is 1. The Bertz CT molecular complexity index is 696. The second-order valence-corrected chi connectivity index (χ2v) is 19.2. The summed E-state index contributed by atoms with van der Waals surface area (Å²) >= 11 is 0. The zero-order chi connectivity index (χ0) is 29.7. The number of epoxide rings is 1. The van der Waals surface area contributed by atoms with Crippen LogP contribution in [0.5, 0.6) is 0 Å². The van der Waals surface area contributed by atoms with Crippen LogP contribution in [0.2, 0.25) is 18.1 Å². The Morgan fingerprint density at radius 1 is 0.756 bits per heavy atom. The van der Waals surface area contributed by atoms with Gasteiger partial charge >= 0.3 is 0 Å². The van der Waals surface area contributed by atoms with Crippen LogP contribution in [0, 0.1) is 0 Å². The average Bonchev–Trinajstić information content (AvgIpc) is 3.44. The van der Waals surface area contributed by atoms with Crippen molar-refractivity contribution in [1.29, 1.82) is 0 Å². The van der Waals surface area contributed by atoms with Gasteiger partial charge in [0.1, 0.15) is 12.9 Å². The lowest BCUT2D eigenvalue weighted by molar-refractivity contribution is -0.0955. The van der Waals surface area contributed by atoms with Gasteiger partial charge in [0.2, 0.25) is 0 Å². The standard InChI is InChI=1S/C33H64O7Si/c1-33(2,3)41(5,6)38-23-15-17-26(37-25-35-4)16-13-11-9-7-8-10-12-14-18-27(34)28-19-20-29(39-28)30-21-22-31(40-30)32-24-36-32/h26-32,34H,7-25H2,1-6H3/t26-,27-,28-,29-,30-,31-,32-/m1/s1. The minimum atomic E-state index is -1.67. The second-order valence-electron chi connectivity index (χ2n) is 14.4.